The molecule has 0 bridgehead atoms. The quantitative estimate of drug-likeness (QED) is 0.930. The average Bonchev–Trinajstić information content (AvgIpc) is 2.82. The van der Waals surface area contributed by atoms with Crippen molar-refractivity contribution in [2.24, 2.45) is 11.7 Å². The Morgan fingerprint density at radius 1 is 1.59 bits per heavy atom. The molecular formula is C13H18BrNO2. The SMILES string of the molecule is CCOc1ccc(C(N)C2CCOC2)c(Br)c1. The molecule has 1 saturated heterocycles. The number of hydrogen-bond acceptors (Lipinski definition) is 3. The molecule has 0 aliphatic carbocycles. The van der Waals surface area contributed by atoms with Crippen LogP contribution in [0, 0.1) is 5.92 Å². The molecule has 2 atom stereocenters. The lowest BCUT2D eigenvalue weighted by Crippen LogP contribution is -2.22. The largest absolute Gasteiger partial charge is 0.494 e. The number of benzene rings is 1. The maximum Gasteiger partial charge on any atom is 0.120 e. The van der Waals surface area contributed by atoms with E-state index in [0.29, 0.717) is 12.5 Å². The minimum absolute atomic E-state index is 0.0301. The molecule has 0 aromatic heterocycles. The highest BCUT2D eigenvalue weighted by Crippen LogP contribution is 2.33. The molecule has 1 heterocycles. The van der Waals surface area contributed by atoms with Gasteiger partial charge >= 0.3 is 0 Å². The standard InChI is InChI=1S/C13H18BrNO2/c1-2-17-10-3-4-11(12(14)7-10)13(15)9-5-6-16-8-9/h3-4,7,9,13H,2,5-6,8,15H2,1H3. The van der Waals surface area contributed by atoms with E-state index in [-0.39, 0.29) is 6.04 Å². The third-order valence-corrected chi connectivity index (χ3v) is 3.80. The van der Waals surface area contributed by atoms with Crippen molar-refractivity contribution >= 4 is 15.9 Å². The Balaban J connectivity index is 2.14. The van der Waals surface area contributed by atoms with Gasteiger partial charge in [0.15, 0.2) is 0 Å². The van der Waals surface area contributed by atoms with E-state index in [2.05, 4.69) is 15.9 Å². The molecule has 17 heavy (non-hydrogen) atoms. The highest BCUT2D eigenvalue weighted by atomic mass is 79.9. The van der Waals surface area contributed by atoms with E-state index >= 15 is 0 Å². The van der Waals surface area contributed by atoms with Crippen molar-refractivity contribution in [2.75, 3.05) is 19.8 Å². The fourth-order valence-corrected chi connectivity index (χ4v) is 2.75. The van der Waals surface area contributed by atoms with Gasteiger partial charge in [0.05, 0.1) is 13.2 Å². The van der Waals surface area contributed by atoms with Gasteiger partial charge in [-0.2, -0.15) is 0 Å². The molecule has 0 spiro atoms. The van der Waals surface area contributed by atoms with Gasteiger partial charge in [0.25, 0.3) is 0 Å². The van der Waals surface area contributed by atoms with Crippen LogP contribution in [0.5, 0.6) is 5.75 Å². The van der Waals surface area contributed by atoms with E-state index in [4.69, 9.17) is 15.2 Å². The van der Waals surface area contributed by atoms with Crippen LogP contribution in [0.1, 0.15) is 24.9 Å². The zero-order chi connectivity index (χ0) is 12.3. The summed E-state index contributed by atoms with van der Waals surface area (Å²) in [6.45, 7) is 4.24. The maximum absolute atomic E-state index is 6.27. The fraction of sp³-hybridized carbons (Fsp3) is 0.538. The lowest BCUT2D eigenvalue weighted by molar-refractivity contribution is 0.181. The zero-order valence-electron chi connectivity index (χ0n) is 9.99. The molecule has 0 amide bonds. The van der Waals surface area contributed by atoms with Crippen molar-refractivity contribution in [3.8, 4) is 5.75 Å². The monoisotopic (exact) mass is 299 g/mol. The molecule has 0 radical (unpaired) electrons. The molecular weight excluding hydrogens is 282 g/mol. The molecule has 4 heteroatoms. The Labute approximate surface area is 110 Å². The topological polar surface area (TPSA) is 44.5 Å². The first kappa shape index (κ1) is 12.9. The van der Waals surface area contributed by atoms with E-state index in [1.807, 2.05) is 25.1 Å². The molecule has 1 aliphatic rings. The summed E-state index contributed by atoms with van der Waals surface area (Å²) in [5.74, 6) is 1.29. The van der Waals surface area contributed by atoms with E-state index in [1.165, 1.54) is 0 Å². The van der Waals surface area contributed by atoms with Crippen molar-refractivity contribution in [1.82, 2.24) is 0 Å². The molecule has 2 N–H and O–H groups in total. The lowest BCUT2D eigenvalue weighted by atomic mass is 9.93. The molecule has 0 saturated carbocycles. The highest BCUT2D eigenvalue weighted by Gasteiger charge is 2.25. The average molecular weight is 300 g/mol. The third kappa shape index (κ3) is 3.00. The van der Waals surface area contributed by atoms with Crippen molar-refractivity contribution in [1.29, 1.82) is 0 Å². The molecule has 3 nitrogen and oxygen atoms in total. The summed E-state index contributed by atoms with van der Waals surface area (Å²) in [5.41, 5.74) is 7.40. The Morgan fingerprint density at radius 2 is 2.41 bits per heavy atom. The second kappa shape index (κ2) is 5.85. The Morgan fingerprint density at radius 3 is 3.00 bits per heavy atom. The molecule has 1 aromatic carbocycles. The molecule has 1 aromatic rings. The van der Waals surface area contributed by atoms with Crippen LogP contribution < -0.4 is 10.5 Å². The first-order valence-corrected chi connectivity index (χ1v) is 6.77. The summed E-state index contributed by atoms with van der Waals surface area (Å²) in [5, 5.41) is 0. The smallest absolute Gasteiger partial charge is 0.120 e. The number of nitrogens with two attached hydrogens (primary N) is 1. The Hall–Kier alpha value is -0.580. The van der Waals surface area contributed by atoms with Gasteiger partial charge in [-0.15, -0.1) is 0 Å². The van der Waals surface area contributed by atoms with Gasteiger partial charge < -0.3 is 15.2 Å². The Bertz CT molecular complexity index is 378. The summed E-state index contributed by atoms with van der Waals surface area (Å²) < 4.78 is 11.8. The predicted octanol–water partition coefficient (Wildman–Crippen LogP) is 2.88. The van der Waals surface area contributed by atoms with E-state index in [9.17, 15) is 0 Å². The van der Waals surface area contributed by atoms with Crippen LogP contribution >= 0.6 is 15.9 Å². The van der Waals surface area contributed by atoms with Gasteiger partial charge in [-0.1, -0.05) is 22.0 Å². The van der Waals surface area contributed by atoms with Crippen molar-refractivity contribution < 1.29 is 9.47 Å². The summed E-state index contributed by atoms with van der Waals surface area (Å²) in [6.07, 6.45) is 1.04. The van der Waals surface area contributed by atoms with Crippen LogP contribution in [-0.2, 0) is 4.74 Å². The molecule has 94 valence electrons. The van der Waals surface area contributed by atoms with Crippen LogP contribution in [0.3, 0.4) is 0 Å². The number of hydrogen-bond donors (Lipinski definition) is 1. The van der Waals surface area contributed by atoms with Crippen LogP contribution in [0.25, 0.3) is 0 Å². The van der Waals surface area contributed by atoms with Crippen LogP contribution in [0.2, 0.25) is 0 Å². The van der Waals surface area contributed by atoms with Crippen LogP contribution in [-0.4, -0.2) is 19.8 Å². The fourth-order valence-electron chi connectivity index (χ4n) is 2.12. The van der Waals surface area contributed by atoms with Crippen molar-refractivity contribution in [2.45, 2.75) is 19.4 Å². The zero-order valence-corrected chi connectivity index (χ0v) is 11.6. The molecule has 1 aliphatic heterocycles. The van der Waals surface area contributed by atoms with E-state index < -0.39 is 0 Å². The predicted molar refractivity (Wildman–Crippen MR) is 71.2 cm³/mol. The lowest BCUT2D eigenvalue weighted by Gasteiger charge is -2.19. The normalized spacial score (nSPS) is 21.5. The number of rotatable bonds is 4. The van der Waals surface area contributed by atoms with Gasteiger partial charge in [-0.25, -0.2) is 0 Å². The first-order chi connectivity index (χ1) is 8.22. The summed E-state index contributed by atoms with van der Waals surface area (Å²) in [4.78, 5) is 0. The van der Waals surface area contributed by atoms with Gasteiger partial charge in [0.2, 0.25) is 0 Å². The second-order valence-corrected chi connectivity index (χ2v) is 5.12. The molecule has 1 fully saturated rings. The van der Waals surface area contributed by atoms with Crippen LogP contribution in [0.4, 0.5) is 0 Å². The third-order valence-electron chi connectivity index (χ3n) is 3.11. The van der Waals surface area contributed by atoms with Crippen molar-refractivity contribution in [3.63, 3.8) is 0 Å². The first-order valence-electron chi connectivity index (χ1n) is 5.98. The number of halogens is 1. The minimum Gasteiger partial charge on any atom is -0.494 e. The summed E-state index contributed by atoms with van der Waals surface area (Å²) in [6, 6.07) is 6.02. The maximum atomic E-state index is 6.27. The van der Waals surface area contributed by atoms with Crippen molar-refractivity contribution in [3.05, 3.63) is 28.2 Å². The van der Waals surface area contributed by atoms with Crippen LogP contribution in [0.15, 0.2) is 22.7 Å². The molecule has 2 rings (SSSR count). The van der Waals surface area contributed by atoms with E-state index in [0.717, 1.165) is 35.4 Å². The van der Waals surface area contributed by atoms with Gasteiger partial charge in [0, 0.05) is 23.0 Å². The Kier molecular flexibility index (Phi) is 4.42. The van der Waals surface area contributed by atoms with Gasteiger partial charge in [0.1, 0.15) is 5.75 Å². The minimum atomic E-state index is 0.0301. The number of ether oxygens (including phenoxy) is 2. The van der Waals surface area contributed by atoms with Gasteiger partial charge in [-0.05, 0) is 31.0 Å². The summed E-state index contributed by atoms with van der Waals surface area (Å²) in [7, 11) is 0. The van der Waals surface area contributed by atoms with Gasteiger partial charge in [-0.3, -0.25) is 0 Å². The molecule has 2 unspecified atom stereocenters. The summed E-state index contributed by atoms with van der Waals surface area (Å²) >= 11 is 3.56. The highest BCUT2D eigenvalue weighted by molar-refractivity contribution is 9.10. The second-order valence-electron chi connectivity index (χ2n) is 4.27. The van der Waals surface area contributed by atoms with E-state index in [1.54, 1.807) is 0 Å².